The number of nitrogens with one attached hydrogen (secondary N) is 1. The Labute approximate surface area is 173 Å². The number of halogens is 1. The topological polar surface area (TPSA) is 41.6 Å². The molecule has 1 aliphatic heterocycles. The molecule has 1 saturated heterocycles. The lowest BCUT2D eigenvalue weighted by atomic mass is 9.98. The van der Waals surface area contributed by atoms with Gasteiger partial charge in [0.2, 0.25) is 0 Å². The van der Waals surface area contributed by atoms with Gasteiger partial charge in [-0.15, -0.1) is 0 Å². The summed E-state index contributed by atoms with van der Waals surface area (Å²) in [6.07, 6.45) is 2.39. The molecule has 29 heavy (non-hydrogen) atoms. The molecule has 1 heterocycles. The first-order valence-corrected chi connectivity index (χ1v) is 10.5. The maximum atomic E-state index is 13.1. The number of carbonyl (C=O) groups is 1. The number of rotatable bonds is 7. The average Bonchev–Trinajstić information content (AvgIpc) is 2.74. The molecule has 2 atom stereocenters. The van der Waals surface area contributed by atoms with Gasteiger partial charge in [0.15, 0.2) is 6.10 Å². The quantitative estimate of drug-likeness (QED) is 0.706. The van der Waals surface area contributed by atoms with Gasteiger partial charge in [0.25, 0.3) is 5.91 Å². The zero-order valence-corrected chi connectivity index (χ0v) is 17.5. The summed E-state index contributed by atoms with van der Waals surface area (Å²) in [5, 5.41) is 3.03. The second-order valence-electron chi connectivity index (χ2n) is 7.96. The molecule has 4 nitrogen and oxygen atoms in total. The van der Waals surface area contributed by atoms with Crippen LogP contribution in [0.5, 0.6) is 5.75 Å². The van der Waals surface area contributed by atoms with Crippen molar-refractivity contribution in [1.82, 2.24) is 5.32 Å². The lowest BCUT2D eigenvalue weighted by molar-refractivity contribution is -0.128. The highest BCUT2D eigenvalue weighted by molar-refractivity contribution is 5.81. The molecule has 156 valence electrons. The minimum absolute atomic E-state index is 0.121. The van der Waals surface area contributed by atoms with Gasteiger partial charge in [-0.05, 0) is 74.1 Å². The summed E-state index contributed by atoms with van der Waals surface area (Å²) in [6.45, 7) is 8.39. The highest BCUT2D eigenvalue weighted by Crippen LogP contribution is 2.25. The molecule has 0 bridgehead atoms. The van der Waals surface area contributed by atoms with Crippen LogP contribution in [0.3, 0.4) is 0 Å². The third-order valence-electron chi connectivity index (χ3n) is 5.66. The molecule has 0 unspecified atom stereocenters. The summed E-state index contributed by atoms with van der Waals surface area (Å²) < 4.78 is 18.8. The molecule has 1 aliphatic rings. The van der Waals surface area contributed by atoms with Crippen molar-refractivity contribution in [2.75, 3.05) is 18.0 Å². The van der Waals surface area contributed by atoms with Crippen molar-refractivity contribution in [3.63, 3.8) is 0 Å². The fraction of sp³-hybridized carbons (Fsp3) is 0.458. The third kappa shape index (κ3) is 5.72. The highest BCUT2D eigenvalue weighted by Gasteiger charge is 2.21. The van der Waals surface area contributed by atoms with E-state index in [0.717, 1.165) is 24.6 Å². The van der Waals surface area contributed by atoms with E-state index in [4.69, 9.17) is 4.74 Å². The molecule has 2 aromatic carbocycles. The van der Waals surface area contributed by atoms with Gasteiger partial charge >= 0.3 is 0 Å². The van der Waals surface area contributed by atoms with Crippen molar-refractivity contribution < 1.29 is 13.9 Å². The van der Waals surface area contributed by atoms with E-state index in [-0.39, 0.29) is 17.8 Å². The number of carbonyl (C=O) groups excluding carboxylic acids is 1. The van der Waals surface area contributed by atoms with Gasteiger partial charge in [-0.1, -0.05) is 26.0 Å². The van der Waals surface area contributed by atoms with Gasteiger partial charge in [0.1, 0.15) is 11.6 Å². The average molecular weight is 399 g/mol. The van der Waals surface area contributed by atoms with E-state index >= 15 is 0 Å². The standard InChI is InChI=1S/C24H31FN2O2/c1-4-23(29-22-11-7-20(25)8-12-22)24(28)26-18(3)19-5-9-21(10-6-19)27-15-13-17(2)14-16-27/h5-12,17-18,23H,4,13-16H2,1-3H3,(H,26,28)/t18-,23+/m1/s1. The Morgan fingerprint density at radius 1 is 1.14 bits per heavy atom. The van der Waals surface area contributed by atoms with Crippen LogP contribution in [-0.2, 0) is 4.79 Å². The van der Waals surface area contributed by atoms with Crippen LogP contribution < -0.4 is 15.0 Å². The van der Waals surface area contributed by atoms with Crippen LogP contribution in [0.25, 0.3) is 0 Å². The van der Waals surface area contributed by atoms with E-state index < -0.39 is 6.10 Å². The molecular formula is C24H31FN2O2. The number of benzene rings is 2. The molecule has 3 rings (SSSR count). The van der Waals surface area contributed by atoms with E-state index in [2.05, 4.69) is 41.4 Å². The number of anilines is 1. The molecule has 2 aromatic rings. The summed E-state index contributed by atoms with van der Waals surface area (Å²) in [6, 6.07) is 14.0. The normalized spacial score (nSPS) is 16.9. The van der Waals surface area contributed by atoms with Crippen molar-refractivity contribution in [3.8, 4) is 5.75 Å². The van der Waals surface area contributed by atoms with Gasteiger partial charge in [0, 0.05) is 18.8 Å². The SMILES string of the molecule is CC[C@H](Oc1ccc(F)cc1)C(=O)N[C@H](C)c1ccc(N2CCC(C)CC2)cc1. The molecule has 0 aliphatic carbocycles. The summed E-state index contributed by atoms with van der Waals surface area (Å²) in [5.74, 6) is 0.801. The fourth-order valence-corrected chi connectivity index (χ4v) is 3.63. The van der Waals surface area contributed by atoms with Crippen molar-refractivity contribution >= 4 is 11.6 Å². The number of ether oxygens (including phenoxy) is 1. The Morgan fingerprint density at radius 2 is 1.76 bits per heavy atom. The molecule has 1 fully saturated rings. The predicted octanol–water partition coefficient (Wildman–Crippen LogP) is 5.10. The lowest BCUT2D eigenvalue weighted by Crippen LogP contribution is -2.39. The summed E-state index contributed by atoms with van der Waals surface area (Å²) in [7, 11) is 0. The number of hydrogen-bond acceptors (Lipinski definition) is 3. The molecular weight excluding hydrogens is 367 g/mol. The van der Waals surface area contributed by atoms with Gasteiger partial charge in [0.05, 0.1) is 6.04 Å². The monoisotopic (exact) mass is 398 g/mol. The molecule has 0 saturated carbocycles. The van der Waals surface area contributed by atoms with Gasteiger partial charge in [-0.2, -0.15) is 0 Å². The highest BCUT2D eigenvalue weighted by atomic mass is 19.1. The Bertz CT molecular complexity index is 784. The summed E-state index contributed by atoms with van der Waals surface area (Å²) in [4.78, 5) is 15.1. The second kappa shape index (κ2) is 9.77. The number of hydrogen-bond donors (Lipinski definition) is 1. The number of nitrogens with zero attached hydrogens (tertiary/aromatic N) is 1. The summed E-state index contributed by atoms with van der Waals surface area (Å²) in [5.41, 5.74) is 2.30. The number of amides is 1. The molecule has 1 N–H and O–H groups in total. The Morgan fingerprint density at radius 3 is 2.34 bits per heavy atom. The minimum Gasteiger partial charge on any atom is -0.481 e. The first kappa shape index (κ1) is 21.2. The van der Waals surface area contributed by atoms with Crippen LogP contribution in [0.1, 0.15) is 51.6 Å². The maximum Gasteiger partial charge on any atom is 0.261 e. The molecule has 0 radical (unpaired) electrons. The zero-order valence-electron chi connectivity index (χ0n) is 17.5. The second-order valence-corrected chi connectivity index (χ2v) is 7.96. The lowest BCUT2D eigenvalue weighted by Gasteiger charge is -2.32. The van der Waals surface area contributed by atoms with Crippen LogP contribution in [0.4, 0.5) is 10.1 Å². The van der Waals surface area contributed by atoms with Gasteiger partial charge < -0.3 is 15.0 Å². The van der Waals surface area contributed by atoms with Crippen molar-refractivity contribution in [2.45, 2.75) is 52.2 Å². The molecule has 0 aromatic heterocycles. The molecule has 0 spiro atoms. The first-order chi connectivity index (χ1) is 14.0. The van der Waals surface area contributed by atoms with Crippen LogP contribution in [-0.4, -0.2) is 25.1 Å². The van der Waals surface area contributed by atoms with E-state index in [1.54, 1.807) is 0 Å². The molecule has 1 amide bonds. The maximum absolute atomic E-state index is 13.1. The van der Waals surface area contributed by atoms with E-state index in [1.807, 2.05) is 13.8 Å². The van der Waals surface area contributed by atoms with E-state index in [1.165, 1.54) is 42.8 Å². The predicted molar refractivity (Wildman–Crippen MR) is 115 cm³/mol. The van der Waals surface area contributed by atoms with Crippen LogP contribution in [0.2, 0.25) is 0 Å². The Balaban J connectivity index is 1.57. The fourth-order valence-electron chi connectivity index (χ4n) is 3.63. The zero-order chi connectivity index (χ0) is 20.8. The molecule has 5 heteroatoms. The van der Waals surface area contributed by atoms with Crippen molar-refractivity contribution in [2.24, 2.45) is 5.92 Å². The van der Waals surface area contributed by atoms with Crippen LogP contribution in [0.15, 0.2) is 48.5 Å². The van der Waals surface area contributed by atoms with Gasteiger partial charge in [-0.3, -0.25) is 4.79 Å². The Kier molecular flexibility index (Phi) is 7.13. The number of piperidine rings is 1. The van der Waals surface area contributed by atoms with Crippen LogP contribution in [0, 0.1) is 11.7 Å². The largest absolute Gasteiger partial charge is 0.481 e. The van der Waals surface area contributed by atoms with Crippen molar-refractivity contribution in [3.05, 3.63) is 59.9 Å². The smallest absolute Gasteiger partial charge is 0.261 e. The van der Waals surface area contributed by atoms with Crippen molar-refractivity contribution in [1.29, 1.82) is 0 Å². The minimum atomic E-state index is -0.613. The van der Waals surface area contributed by atoms with Gasteiger partial charge in [-0.25, -0.2) is 4.39 Å². The van der Waals surface area contributed by atoms with Crippen LogP contribution >= 0.6 is 0 Å². The van der Waals surface area contributed by atoms with E-state index in [0.29, 0.717) is 12.2 Å². The Hall–Kier alpha value is -2.56. The summed E-state index contributed by atoms with van der Waals surface area (Å²) >= 11 is 0. The third-order valence-corrected chi connectivity index (χ3v) is 5.66. The first-order valence-electron chi connectivity index (χ1n) is 10.5. The van der Waals surface area contributed by atoms with E-state index in [9.17, 15) is 9.18 Å².